The lowest BCUT2D eigenvalue weighted by Gasteiger charge is -2.18. The molecule has 2 aromatic carbocycles. The molecule has 32 heavy (non-hydrogen) atoms. The van der Waals surface area contributed by atoms with Crippen molar-refractivity contribution in [2.45, 2.75) is 36.6 Å². The predicted molar refractivity (Wildman–Crippen MR) is 135 cm³/mol. The Morgan fingerprint density at radius 3 is 2.69 bits per heavy atom. The van der Waals surface area contributed by atoms with E-state index in [0.717, 1.165) is 36.3 Å². The highest BCUT2D eigenvalue weighted by atomic mass is 32.2. The third-order valence-electron chi connectivity index (χ3n) is 5.55. The number of hydrogen-bond donors (Lipinski definition) is 5. The molecule has 0 bridgehead atoms. The van der Waals surface area contributed by atoms with Gasteiger partial charge in [-0.2, -0.15) is 24.4 Å². The van der Waals surface area contributed by atoms with Crippen LogP contribution in [0.25, 0.3) is 0 Å². The van der Waals surface area contributed by atoms with E-state index in [9.17, 15) is 14.7 Å². The topological polar surface area (TPSA) is 90.5 Å². The van der Waals surface area contributed by atoms with Gasteiger partial charge in [0.15, 0.2) is 0 Å². The summed E-state index contributed by atoms with van der Waals surface area (Å²) < 4.78 is 0. The van der Waals surface area contributed by atoms with Crippen molar-refractivity contribution < 1.29 is 14.7 Å². The van der Waals surface area contributed by atoms with E-state index in [1.807, 2.05) is 48.7 Å². The largest absolute Gasteiger partial charge is 0.480 e. The van der Waals surface area contributed by atoms with E-state index >= 15 is 0 Å². The van der Waals surface area contributed by atoms with Gasteiger partial charge in [0.1, 0.15) is 6.04 Å². The number of benzene rings is 2. The number of hydrogen-bond acceptors (Lipinski definition) is 6. The van der Waals surface area contributed by atoms with Gasteiger partial charge in [0, 0.05) is 35.6 Å². The van der Waals surface area contributed by atoms with Crippen molar-refractivity contribution in [3.63, 3.8) is 0 Å². The minimum Gasteiger partial charge on any atom is -0.480 e. The second-order valence-corrected chi connectivity index (χ2v) is 9.77. The average molecular weight is 474 g/mol. The Morgan fingerprint density at radius 1 is 1.25 bits per heavy atom. The highest BCUT2D eigenvalue weighted by Crippen LogP contribution is 2.21. The van der Waals surface area contributed by atoms with Gasteiger partial charge in [-0.3, -0.25) is 4.79 Å². The molecule has 0 aliphatic carbocycles. The minimum absolute atomic E-state index is 0.355. The van der Waals surface area contributed by atoms with Crippen LogP contribution in [0.5, 0.6) is 0 Å². The van der Waals surface area contributed by atoms with Crippen LogP contribution in [0.1, 0.15) is 34.3 Å². The Kier molecular flexibility index (Phi) is 9.32. The van der Waals surface area contributed by atoms with E-state index in [-0.39, 0.29) is 5.91 Å². The maximum Gasteiger partial charge on any atom is 0.326 e. The van der Waals surface area contributed by atoms with Crippen LogP contribution in [0.2, 0.25) is 0 Å². The lowest BCUT2D eigenvalue weighted by molar-refractivity contribution is -0.139. The van der Waals surface area contributed by atoms with Gasteiger partial charge in [-0.05, 0) is 60.6 Å². The highest BCUT2D eigenvalue weighted by Gasteiger charge is 2.23. The molecule has 1 fully saturated rings. The summed E-state index contributed by atoms with van der Waals surface area (Å²) in [5.41, 5.74) is 3.39. The molecule has 2 aromatic rings. The van der Waals surface area contributed by atoms with Crippen LogP contribution in [0.15, 0.2) is 48.5 Å². The number of carboxylic acid groups (broad SMARTS) is 1. The number of amides is 1. The lowest BCUT2D eigenvalue weighted by atomic mass is 9.98. The van der Waals surface area contributed by atoms with Crippen LogP contribution in [0, 0.1) is 0 Å². The summed E-state index contributed by atoms with van der Waals surface area (Å²) in [5.74, 6) is -0.701. The number of thioether (sulfide) groups is 1. The zero-order chi connectivity index (χ0) is 22.9. The first-order valence-corrected chi connectivity index (χ1v) is 12.7. The van der Waals surface area contributed by atoms with E-state index in [4.69, 9.17) is 0 Å². The van der Waals surface area contributed by atoms with E-state index in [2.05, 4.69) is 28.6 Å². The fraction of sp³-hybridized carbons (Fsp3) is 0.417. The Labute approximate surface area is 199 Å². The molecule has 1 heterocycles. The van der Waals surface area contributed by atoms with Gasteiger partial charge in [-0.15, -0.1) is 0 Å². The summed E-state index contributed by atoms with van der Waals surface area (Å²) in [4.78, 5) is 24.6. The SMILES string of the molecule is CSCCC(NC(=O)c1ccc(NCC2CC(S)CN2)cc1Cc1ccccc1)C(=O)O. The molecule has 6 nitrogen and oxygen atoms in total. The Balaban J connectivity index is 1.78. The average Bonchev–Trinajstić information content (AvgIpc) is 3.20. The summed E-state index contributed by atoms with van der Waals surface area (Å²) in [6, 6.07) is 15.1. The fourth-order valence-electron chi connectivity index (χ4n) is 3.81. The first-order chi connectivity index (χ1) is 15.5. The maximum atomic E-state index is 13.0. The Hall–Kier alpha value is -2.16. The molecular formula is C24H31N3O3S2. The third kappa shape index (κ3) is 7.18. The van der Waals surface area contributed by atoms with Gasteiger partial charge in [0.25, 0.3) is 5.91 Å². The number of nitrogens with one attached hydrogen (secondary N) is 3. The summed E-state index contributed by atoms with van der Waals surface area (Å²) in [5, 5.41) is 19.5. The van der Waals surface area contributed by atoms with Crippen LogP contribution >= 0.6 is 24.4 Å². The van der Waals surface area contributed by atoms with Crippen molar-refractivity contribution in [3.05, 3.63) is 65.2 Å². The van der Waals surface area contributed by atoms with E-state index in [0.29, 0.717) is 35.4 Å². The highest BCUT2D eigenvalue weighted by molar-refractivity contribution is 7.98. The normalized spacial score (nSPS) is 18.8. The first-order valence-electron chi connectivity index (χ1n) is 10.8. The van der Waals surface area contributed by atoms with Gasteiger partial charge in [-0.1, -0.05) is 30.3 Å². The molecule has 0 saturated carbocycles. The van der Waals surface area contributed by atoms with Crippen LogP contribution < -0.4 is 16.0 Å². The number of carboxylic acids is 1. The standard InChI is InChI=1S/C24H31N3O3S2/c1-32-10-9-22(24(29)30)27-23(28)21-8-7-18(25-14-19-13-20(31)15-26-19)12-17(21)11-16-5-3-2-4-6-16/h2-8,12,19-20,22,25-26,31H,9-11,13-15H2,1H3,(H,27,28)(H,29,30). The molecule has 1 saturated heterocycles. The molecule has 4 N–H and O–H groups in total. The van der Waals surface area contributed by atoms with E-state index in [1.165, 1.54) is 0 Å². The van der Waals surface area contributed by atoms with Gasteiger partial charge in [0.2, 0.25) is 0 Å². The van der Waals surface area contributed by atoms with Crippen molar-refractivity contribution in [3.8, 4) is 0 Å². The maximum absolute atomic E-state index is 13.0. The first kappa shape index (κ1) is 24.5. The molecule has 0 spiro atoms. The molecule has 0 aromatic heterocycles. The van der Waals surface area contributed by atoms with Crippen molar-refractivity contribution in [2.24, 2.45) is 0 Å². The molecule has 8 heteroatoms. The van der Waals surface area contributed by atoms with Crippen LogP contribution in [-0.4, -0.2) is 59.4 Å². The van der Waals surface area contributed by atoms with Crippen LogP contribution in [-0.2, 0) is 11.2 Å². The fourth-order valence-corrected chi connectivity index (χ4v) is 4.64. The summed E-state index contributed by atoms with van der Waals surface area (Å²) >= 11 is 6.08. The van der Waals surface area contributed by atoms with Crippen molar-refractivity contribution in [1.82, 2.24) is 10.6 Å². The molecule has 3 rings (SSSR count). The molecule has 1 aliphatic heterocycles. The number of carbonyl (C=O) groups excluding carboxylic acids is 1. The minimum atomic E-state index is -1.01. The smallest absolute Gasteiger partial charge is 0.326 e. The number of anilines is 1. The predicted octanol–water partition coefficient (Wildman–Crippen LogP) is 3.29. The zero-order valence-electron chi connectivity index (χ0n) is 18.2. The van der Waals surface area contributed by atoms with E-state index < -0.39 is 12.0 Å². The molecule has 1 aliphatic rings. The van der Waals surface area contributed by atoms with Gasteiger partial charge >= 0.3 is 5.97 Å². The van der Waals surface area contributed by atoms with Crippen LogP contribution in [0.3, 0.4) is 0 Å². The Morgan fingerprint density at radius 2 is 2.03 bits per heavy atom. The third-order valence-corrected chi connectivity index (χ3v) is 6.59. The van der Waals surface area contributed by atoms with Crippen molar-refractivity contribution >= 4 is 42.0 Å². The summed E-state index contributed by atoms with van der Waals surface area (Å²) in [7, 11) is 0. The number of rotatable bonds is 11. The van der Waals surface area contributed by atoms with Gasteiger partial charge in [0.05, 0.1) is 0 Å². The second-order valence-electron chi connectivity index (χ2n) is 8.06. The zero-order valence-corrected chi connectivity index (χ0v) is 19.9. The van der Waals surface area contributed by atoms with Gasteiger partial charge in [-0.25, -0.2) is 4.79 Å². The van der Waals surface area contributed by atoms with Crippen molar-refractivity contribution in [1.29, 1.82) is 0 Å². The van der Waals surface area contributed by atoms with Crippen LogP contribution in [0.4, 0.5) is 5.69 Å². The molecular weight excluding hydrogens is 442 g/mol. The number of thiol groups is 1. The van der Waals surface area contributed by atoms with Gasteiger partial charge < -0.3 is 21.1 Å². The quantitative estimate of drug-likeness (QED) is 0.322. The molecule has 0 radical (unpaired) electrons. The molecule has 3 unspecified atom stereocenters. The molecule has 1 amide bonds. The Bertz CT molecular complexity index is 911. The summed E-state index contributed by atoms with van der Waals surface area (Å²) in [6.45, 7) is 1.69. The molecule has 3 atom stereocenters. The molecule has 172 valence electrons. The monoisotopic (exact) mass is 473 g/mol. The number of aliphatic carboxylic acids is 1. The van der Waals surface area contributed by atoms with Crippen molar-refractivity contribution in [2.75, 3.05) is 30.4 Å². The lowest BCUT2D eigenvalue weighted by Crippen LogP contribution is -2.41. The van der Waals surface area contributed by atoms with E-state index in [1.54, 1.807) is 17.8 Å². The second kappa shape index (κ2) is 12.2. The number of carbonyl (C=O) groups is 2. The summed E-state index contributed by atoms with van der Waals surface area (Å²) in [6.07, 6.45) is 3.90.